The zero-order valence-electron chi connectivity index (χ0n) is 12.5. The van der Waals surface area contributed by atoms with E-state index in [9.17, 15) is 4.79 Å². The molecule has 0 unspecified atom stereocenters. The highest BCUT2D eigenvalue weighted by Gasteiger charge is 2.10. The van der Waals surface area contributed by atoms with Crippen molar-refractivity contribution >= 4 is 34.0 Å². The molecule has 3 aromatic heterocycles. The van der Waals surface area contributed by atoms with Gasteiger partial charge in [0.25, 0.3) is 0 Å². The van der Waals surface area contributed by atoms with Gasteiger partial charge in [-0.05, 0) is 24.3 Å². The average molecular weight is 335 g/mol. The van der Waals surface area contributed by atoms with E-state index in [1.165, 1.54) is 6.08 Å². The molecule has 0 fully saturated rings. The Morgan fingerprint density at radius 3 is 3.00 bits per heavy atom. The Bertz CT molecular complexity index is 983. The van der Waals surface area contributed by atoms with Crippen LogP contribution in [0.15, 0.2) is 70.9 Å². The number of thiazole rings is 1. The van der Waals surface area contributed by atoms with Crippen molar-refractivity contribution in [2.75, 3.05) is 5.32 Å². The van der Waals surface area contributed by atoms with E-state index in [1.807, 2.05) is 46.4 Å². The standard InChI is InChI=1S/C18H13N3O2S/c22-17(8-7-13-4-3-10-23-13)19-15-6-2-1-5-14(15)16-12-21-9-11-24-18(21)20-16/h1-12H,(H,19,22)/b8-7+. The Balaban J connectivity index is 1.59. The summed E-state index contributed by atoms with van der Waals surface area (Å²) in [6.45, 7) is 0. The van der Waals surface area contributed by atoms with Crippen LogP contribution in [0.3, 0.4) is 0 Å². The Kier molecular flexibility index (Phi) is 3.72. The number of fused-ring (bicyclic) bond motifs is 1. The molecule has 6 heteroatoms. The largest absolute Gasteiger partial charge is 0.465 e. The van der Waals surface area contributed by atoms with Gasteiger partial charge in [0.15, 0.2) is 4.96 Å². The first-order chi connectivity index (χ1) is 11.8. The second kappa shape index (κ2) is 6.17. The maximum Gasteiger partial charge on any atom is 0.248 e. The van der Waals surface area contributed by atoms with Crippen LogP contribution in [0.1, 0.15) is 5.76 Å². The summed E-state index contributed by atoms with van der Waals surface area (Å²) >= 11 is 1.57. The molecule has 0 aliphatic heterocycles. The van der Waals surface area contributed by atoms with Crippen molar-refractivity contribution in [3.8, 4) is 11.3 Å². The van der Waals surface area contributed by atoms with Crippen molar-refractivity contribution in [1.29, 1.82) is 0 Å². The molecule has 24 heavy (non-hydrogen) atoms. The lowest BCUT2D eigenvalue weighted by Crippen LogP contribution is -2.08. The molecule has 1 amide bonds. The number of nitrogens with one attached hydrogen (secondary N) is 1. The van der Waals surface area contributed by atoms with E-state index in [0.717, 1.165) is 21.9 Å². The van der Waals surface area contributed by atoms with E-state index >= 15 is 0 Å². The zero-order valence-corrected chi connectivity index (χ0v) is 13.4. The number of hydrogen-bond acceptors (Lipinski definition) is 4. The summed E-state index contributed by atoms with van der Waals surface area (Å²) in [4.78, 5) is 17.7. The number of carbonyl (C=O) groups is 1. The Morgan fingerprint density at radius 2 is 2.17 bits per heavy atom. The smallest absolute Gasteiger partial charge is 0.248 e. The second-order valence-electron chi connectivity index (χ2n) is 5.10. The summed E-state index contributed by atoms with van der Waals surface area (Å²) in [5.74, 6) is 0.410. The number of imidazole rings is 1. The van der Waals surface area contributed by atoms with Crippen LogP contribution in [-0.4, -0.2) is 15.3 Å². The molecule has 1 aromatic carbocycles. The van der Waals surface area contributed by atoms with Crippen molar-refractivity contribution in [3.63, 3.8) is 0 Å². The van der Waals surface area contributed by atoms with Crippen molar-refractivity contribution < 1.29 is 9.21 Å². The van der Waals surface area contributed by atoms with Crippen LogP contribution in [0, 0.1) is 0 Å². The maximum absolute atomic E-state index is 12.2. The first-order valence-electron chi connectivity index (χ1n) is 7.34. The predicted molar refractivity (Wildman–Crippen MR) is 94.9 cm³/mol. The minimum absolute atomic E-state index is 0.222. The summed E-state index contributed by atoms with van der Waals surface area (Å²) in [5, 5.41) is 4.88. The minimum atomic E-state index is -0.222. The normalized spacial score (nSPS) is 11.3. The number of benzene rings is 1. The van der Waals surface area contributed by atoms with Gasteiger partial charge in [0, 0.05) is 29.4 Å². The molecule has 0 bridgehead atoms. The fourth-order valence-corrected chi connectivity index (χ4v) is 3.09. The van der Waals surface area contributed by atoms with E-state index in [-0.39, 0.29) is 5.91 Å². The summed E-state index contributed by atoms with van der Waals surface area (Å²) in [6, 6.07) is 11.2. The van der Waals surface area contributed by atoms with Gasteiger partial charge >= 0.3 is 0 Å². The number of anilines is 1. The molecule has 0 radical (unpaired) electrons. The highest BCUT2D eigenvalue weighted by molar-refractivity contribution is 7.15. The van der Waals surface area contributed by atoms with Crippen LogP contribution in [0.4, 0.5) is 5.69 Å². The number of furan rings is 1. The van der Waals surface area contributed by atoms with Crippen molar-refractivity contribution in [2.24, 2.45) is 0 Å². The Morgan fingerprint density at radius 1 is 1.25 bits per heavy atom. The van der Waals surface area contributed by atoms with Gasteiger partial charge < -0.3 is 9.73 Å². The van der Waals surface area contributed by atoms with Gasteiger partial charge in [0.2, 0.25) is 5.91 Å². The van der Waals surface area contributed by atoms with E-state index in [4.69, 9.17) is 4.42 Å². The lowest BCUT2D eigenvalue weighted by Gasteiger charge is -2.07. The fraction of sp³-hybridized carbons (Fsp3) is 0. The molecule has 4 rings (SSSR count). The second-order valence-corrected chi connectivity index (χ2v) is 5.98. The molecule has 0 atom stereocenters. The number of carbonyl (C=O) groups excluding carboxylic acids is 1. The molecular weight excluding hydrogens is 322 g/mol. The molecule has 3 heterocycles. The zero-order chi connectivity index (χ0) is 16.4. The Labute approximate surface area is 141 Å². The predicted octanol–water partition coefficient (Wildman–Crippen LogP) is 4.31. The molecule has 0 aliphatic rings. The van der Waals surface area contributed by atoms with Gasteiger partial charge in [-0.25, -0.2) is 4.98 Å². The van der Waals surface area contributed by atoms with Crippen LogP contribution in [0.2, 0.25) is 0 Å². The molecule has 0 saturated carbocycles. The highest BCUT2D eigenvalue weighted by atomic mass is 32.1. The summed E-state index contributed by atoms with van der Waals surface area (Å²) in [5.41, 5.74) is 2.43. The number of para-hydroxylation sites is 1. The number of amides is 1. The lowest BCUT2D eigenvalue weighted by atomic mass is 10.1. The lowest BCUT2D eigenvalue weighted by molar-refractivity contribution is -0.111. The third kappa shape index (κ3) is 2.87. The summed E-state index contributed by atoms with van der Waals surface area (Å²) < 4.78 is 7.14. The Hall–Kier alpha value is -3.12. The molecule has 5 nitrogen and oxygen atoms in total. The van der Waals surface area contributed by atoms with Gasteiger partial charge in [0.05, 0.1) is 17.6 Å². The fourth-order valence-electron chi connectivity index (χ4n) is 2.39. The highest BCUT2D eigenvalue weighted by Crippen LogP contribution is 2.28. The van der Waals surface area contributed by atoms with Gasteiger partial charge in [-0.3, -0.25) is 9.20 Å². The number of nitrogens with zero attached hydrogens (tertiary/aromatic N) is 2. The number of rotatable bonds is 4. The van der Waals surface area contributed by atoms with Gasteiger partial charge in [-0.1, -0.05) is 18.2 Å². The van der Waals surface area contributed by atoms with Crippen molar-refractivity contribution in [3.05, 3.63) is 72.3 Å². The van der Waals surface area contributed by atoms with E-state index < -0.39 is 0 Å². The molecule has 0 saturated heterocycles. The van der Waals surface area contributed by atoms with E-state index in [1.54, 1.807) is 35.8 Å². The van der Waals surface area contributed by atoms with Gasteiger partial charge in [-0.2, -0.15) is 0 Å². The van der Waals surface area contributed by atoms with Crippen LogP contribution in [-0.2, 0) is 4.79 Å². The average Bonchev–Trinajstić information content (AvgIpc) is 3.30. The van der Waals surface area contributed by atoms with E-state index in [0.29, 0.717) is 5.76 Å². The molecule has 1 N–H and O–H groups in total. The quantitative estimate of drug-likeness (QED) is 0.565. The van der Waals surface area contributed by atoms with Crippen LogP contribution in [0.25, 0.3) is 22.3 Å². The van der Waals surface area contributed by atoms with Crippen LogP contribution in [0.5, 0.6) is 0 Å². The third-order valence-electron chi connectivity index (χ3n) is 3.50. The first kappa shape index (κ1) is 14.5. The summed E-state index contributed by atoms with van der Waals surface area (Å²) in [7, 11) is 0. The number of hydrogen-bond donors (Lipinski definition) is 1. The first-order valence-corrected chi connectivity index (χ1v) is 8.22. The van der Waals surface area contributed by atoms with E-state index in [2.05, 4.69) is 10.3 Å². The van der Waals surface area contributed by atoms with Crippen LogP contribution >= 0.6 is 11.3 Å². The molecule has 0 aliphatic carbocycles. The van der Waals surface area contributed by atoms with Gasteiger partial charge in [-0.15, -0.1) is 11.3 Å². The van der Waals surface area contributed by atoms with Gasteiger partial charge in [0.1, 0.15) is 5.76 Å². The maximum atomic E-state index is 12.2. The van der Waals surface area contributed by atoms with Crippen molar-refractivity contribution in [2.45, 2.75) is 0 Å². The molecule has 4 aromatic rings. The molecule has 118 valence electrons. The van der Waals surface area contributed by atoms with Crippen molar-refractivity contribution in [1.82, 2.24) is 9.38 Å². The topological polar surface area (TPSA) is 59.5 Å². The summed E-state index contributed by atoms with van der Waals surface area (Å²) in [6.07, 6.45) is 8.56. The number of aromatic nitrogens is 2. The third-order valence-corrected chi connectivity index (χ3v) is 4.27. The minimum Gasteiger partial charge on any atom is -0.465 e. The monoisotopic (exact) mass is 335 g/mol. The SMILES string of the molecule is O=C(/C=C/c1ccco1)Nc1ccccc1-c1cn2ccsc2n1. The van der Waals surface area contributed by atoms with Crippen LogP contribution < -0.4 is 5.32 Å². The molecular formula is C18H13N3O2S. The molecule has 0 spiro atoms.